The van der Waals surface area contributed by atoms with E-state index in [0.29, 0.717) is 6.10 Å². The van der Waals surface area contributed by atoms with E-state index in [1.807, 2.05) is 31.2 Å². The van der Waals surface area contributed by atoms with Gasteiger partial charge in [0.2, 0.25) is 0 Å². The van der Waals surface area contributed by atoms with Crippen LogP contribution in [0.3, 0.4) is 0 Å². The fourth-order valence-corrected chi connectivity index (χ4v) is 1.91. The standard InChI is InChI=1S/C14H20O2/c1-3-9-14(2,15)11-5-4-6-13(10-11)16-12-7-8-12/h4-6,10,12,15H,3,7-9H2,1-2H3. The van der Waals surface area contributed by atoms with Gasteiger partial charge in [0, 0.05) is 0 Å². The van der Waals surface area contributed by atoms with Crippen molar-refractivity contribution in [3.8, 4) is 5.75 Å². The first-order chi connectivity index (χ1) is 7.62. The lowest BCUT2D eigenvalue weighted by atomic mass is 9.91. The van der Waals surface area contributed by atoms with Crippen molar-refractivity contribution in [3.63, 3.8) is 0 Å². The Bertz CT molecular complexity index is 354. The van der Waals surface area contributed by atoms with Crippen molar-refractivity contribution in [2.75, 3.05) is 0 Å². The van der Waals surface area contributed by atoms with Crippen LogP contribution < -0.4 is 4.74 Å². The molecule has 0 heterocycles. The summed E-state index contributed by atoms with van der Waals surface area (Å²) in [6, 6.07) is 7.85. The molecule has 2 nitrogen and oxygen atoms in total. The molecule has 0 amide bonds. The molecule has 0 aliphatic heterocycles. The first-order valence-corrected chi connectivity index (χ1v) is 6.11. The first-order valence-electron chi connectivity index (χ1n) is 6.11. The van der Waals surface area contributed by atoms with Crippen molar-refractivity contribution in [2.45, 2.75) is 51.2 Å². The molecule has 1 atom stereocenters. The van der Waals surface area contributed by atoms with E-state index in [-0.39, 0.29) is 0 Å². The van der Waals surface area contributed by atoms with Gasteiger partial charge in [0.1, 0.15) is 5.75 Å². The molecular weight excluding hydrogens is 200 g/mol. The van der Waals surface area contributed by atoms with E-state index in [9.17, 15) is 5.11 Å². The molecule has 1 unspecified atom stereocenters. The topological polar surface area (TPSA) is 29.5 Å². The van der Waals surface area contributed by atoms with Gasteiger partial charge in [0.05, 0.1) is 11.7 Å². The van der Waals surface area contributed by atoms with Gasteiger partial charge in [0.25, 0.3) is 0 Å². The van der Waals surface area contributed by atoms with Gasteiger partial charge >= 0.3 is 0 Å². The lowest BCUT2D eigenvalue weighted by Gasteiger charge is -2.23. The van der Waals surface area contributed by atoms with Crippen LogP contribution in [0.5, 0.6) is 5.75 Å². The molecule has 0 radical (unpaired) electrons. The number of benzene rings is 1. The van der Waals surface area contributed by atoms with Gasteiger partial charge in [-0.15, -0.1) is 0 Å². The van der Waals surface area contributed by atoms with Crippen LogP contribution in [-0.2, 0) is 5.60 Å². The zero-order chi connectivity index (χ0) is 11.6. The van der Waals surface area contributed by atoms with Crippen molar-refractivity contribution < 1.29 is 9.84 Å². The van der Waals surface area contributed by atoms with Crippen LogP contribution >= 0.6 is 0 Å². The molecule has 1 N–H and O–H groups in total. The molecule has 16 heavy (non-hydrogen) atoms. The van der Waals surface area contributed by atoms with Gasteiger partial charge in [-0.3, -0.25) is 0 Å². The number of ether oxygens (including phenoxy) is 1. The normalized spacial score (nSPS) is 19.2. The summed E-state index contributed by atoms with van der Waals surface area (Å²) in [7, 11) is 0. The Morgan fingerprint density at radius 1 is 1.44 bits per heavy atom. The summed E-state index contributed by atoms with van der Waals surface area (Å²) in [5.74, 6) is 0.886. The molecule has 0 saturated heterocycles. The summed E-state index contributed by atoms with van der Waals surface area (Å²) in [6.45, 7) is 3.95. The van der Waals surface area contributed by atoms with Gasteiger partial charge in [-0.05, 0) is 43.9 Å². The molecule has 1 aromatic carbocycles. The van der Waals surface area contributed by atoms with E-state index >= 15 is 0 Å². The Labute approximate surface area is 97.3 Å². The highest BCUT2D eigenvalue weighted by molar-refractivity contribution is 5.32. The highest BCUT2D eigenvalue weighted by atomic mass is 16.5. The van der Waals surface area contributed by atoms with Gasteiger partial charge in [-0.1, -0.05) is 25.5 Å². The first kappa shape index (κ1) is 11.5. The molecule has 0 aromatic heterocycles. The third-order valence-electron chi connectivity index (χ3n) is 3.02. The van der Waals surface area contributed by atoms with Gasteiger partial charge in [0.15, 0.2) is 0 Å². The largest absolute Gasteiger partial charge is 0.490 e. The highest BCUT2D eigenvalue weighted by Gasteiger charge is 2.25. The zero-order valence-electron chi connectivity index (χ0n) is 10.1. The minimum atomic E-state index is -0.738. The van der Waals surface area contributed by atoms with Gasteiger partial charge < -0.3 is 9.84 Å². The molecule has 1 aromatic rings. The predicted molar refractivity (Wildman–Crippen MR) is 64.6 cm³/mol. The maximum atomic E-state index is 10.3. The highest BCUT2D eigenvalue weighted by Crippen LogP contribution is 2.31. The number of rotatable bonds is 5. The van der Waals surface area contributed by atoms with Crippen LogP contribution in [0.2, 0.25) is 0 Å². The predicted octanol–water partition coefficient (Wildman–Crippen LogP) is 3.24. The molecule has 0 bridgehead atoms. The Morgan fingerprint density at radius 2 is 2.19 bits per heavy atom. The maximum absolute atomic E-state index is 10.3. The average Bonchev–Trinajstić information content (AvgIpc) is 3.02. The Morgan fingerprint density at radius 3 is 2.81 bits per heavy atom. The maximum Gasteiger partial charge on any atom is 0.120 e. The second-order valence-electron chi connectivity index (χ2n) is 4.87. The minimum absolute atomic E-state index is 0.409. The summed E-state index contributed by atoms with van der Waals surface area (Å²) in [5.41, 5.74) is 0.213. The molecule has 2 heteroatoms. The summed E-state index contributed by atoms with van der Waals surface area (Å²) >= 11 is 0. The molecule has 0 spiro atoms. The summed E-state index contributed by atoms with van der Waals surface area (Å²) in [4.78, 5) is 0. The summed E-state index contributed by atoms with van der Waals surface area (Å²) in [5, 5.41) is 10.3. The summed E-state index contributed by atoms with van der Waals surface area (Å²) < 4.78 is 5.73. The smallest absolute Gasteiger partial charge is 0.120 e. The molecule has 1 fully saturated rings. The second-order valence-corrected chi connectivity index (χ2v) is 4.87. The molecule has 1 aliphatic carbocycles. The van der Waals surface area contributed by atoms with Crippen LogP contribution in [0.1, 0.15) is 45.1 Å². The van der Waals surface area contributed by atoms with E-state index in [4.69, 9.17) is 4.74 Å². The fourth-order valence-electron chi connectivity index (χ4n) is 1.91. The number of hydrogen-bond donors (Lipinski definition) is 1. The van der Waals surface area contributed by atoms with Crippen LogP contribution in [0.4, 0.5) is 0 Å². The third kappa shape index (κ3) is 2.76. The van der Waals surface area contributed by atoms with E-state index in [1.54, 1.807) is 0 Å². The van der Waals surface area contributed by atoms with Crippen LogP contribution in [0.15, 0.2) is 24.3 Å². The number of aliphatic hydroxyl groups is 1. The Hall–Kier alpha value is -1.02. The zero-order valence-corrected chi connectivity index (χ0v) is 10.1. The minimum Gasteiger partial charge on any atom is -0.490 e. The van der Waals surface area contributed by atoms with Crippen LogP contribution in [-0.4, -0.2) is 11.2 Å². The SMILES string of the molecule is CCCC(C)(O)c1cccc(OC2CC2)c1. The lowest BCUT2D eigenvalue weighted by molar-refractivity contribution is 0.0466. The van der Waals surface area contributed by atoms with Crippen molar-refractivity contribution in [1.82, 2.24) is 0 Å². The molecule has 88 valence electrons. The van der Waals surface area contributed by atoms with Crippen molar-refractivity contribution >= 4 is 0 Å². The molecule has 1 saturated carbocycles. The van der Waals surface area contributed by atoms with E-state index < -0.39 is 5.60 Å². The molecule has 2 rings (SSSR count). The molecular formula is C14H20O2. The van der Waals surface area contributed by atoms with Crippen LogP contribution in [0.25, 0.3) is 0 Å². The van der Waals surface area contributed by atoms with Crippen molar-refractivity contribution in [1.29, 1.82) is 0 Å². The third-order valence-corrected chi connectivity index (χ3v) is 3.02. The van der Waals surface area contributed by atoms with Crippen molar-refractivity contribution in [3.05, 3.63) is 29.8 Å². The van der Waals surface area contributed by atoms with E-state index in [2.05, 4.69) is 6.92 Å². The second kappa shape index (κ2) is 4.46. The van der Waals surface area contributed by atoms with Crippen molar-refractivity contribution in [2.24, 2.45) is 0 Å². The Kier molecular flexibility index (Phi) is 3.20. The van der Waals surface area contributed by atoms with Crippen LogP contribution in [0, 0.1) is 0 Å². The summed E-state index contributed by atoms with van der Waals surface area (Å²) in [6.07, 6.45) is 4.48. The fraction of sp³-hybridized carbons (Fsp3) is 0.571. The quantitative estimate of drug-likeness (QED) is 0.825. The van der Waals surface area contributed by atoms with E-state index in [0.717, 1.165) is 37.0 Å². The van der Waals surface area contributed by atoms with Gasteiger partial charge in [-0.2, -0.15) is 0 Å². The van der Waals surface area contributed by atoms with E-state index in [1.165, 1.54) is 0 Å². The molecule has 1 aliphatic rings. The average molecular weight is 220 g/mol. The Balaban J connectivity index is 2.13. The number of hydrogen-bond acceptors (Lipinski definition) is 2. The monoisotopic (exact) mass is 220 g/mol. The lowest BCUT2D eigenvalue weighted by Crippen LogP contribution is -2.20. The van der Waals surface area contributed by atoms with Gasteiger partial charge in [-0.25, -0.2) is 0 Å².